The number of benzene rings is 1. The fourth-order valence-electron chi connectivity index (χ4n) is 1.07. The molecule has 0 amide bonds. The van der Waals surface area contributed by atoms with Gasteiger partial charge in [0.15, 0.2) is 11.6 Å². The first-order valence-corrected chi connectivity index (χ1v) is 4.28. The average Bonchev–Trinajstić information content (AvgIpc) is 2.19. The molecule has 0 heterocycles. The summed E-state index contributed by atoms with van der Waals surface area (Å²) in [5.74, 6) is -8.69. The zero-order valence-electron chi connectivity index (χ0n) is 8.49. The summed E-state index contributed by atoms with van der Waals surface area (Å²) >= 11 is 0. The number of Topliss-reactive ketones (excluding diaryl/α,β-unsaturated/α-hetero) is 1. The van der Waals surface area contributed by atoms with E-state index < -0.39 is 41.3 Å². The van der Waals surface area contributed by atoms with Crippen molar-refractivity contribution in [1.29, 1.82) is 0 Å². The average molecular weight is 294 g/mol. The third-order valence-electron chi connectivity index (χ3n) is 1.74. The number of carbonyl (C=O) groups excluding carboxylic acids is 1. The molecule has 0 saturated heterocycles. The quantitative estimate of drug-likeness (QED) is 0.615. The lowest BCUT2D eigenvalue weighted by atomic mass is 10.1. The molecule has 0 spiro atoms. The highest BCUT2D eigenvalue weighted by molar-refractivity contribution is 6.00. The fraction of sp³-hybridized carbons (Fsp3) is 0.222. The van der Waals surface area contributed by atoms with Gasteiger partial charge in [0.05, 0.1) is 0 Å². The Morgan fingerprint density at radius 2 is 1.37 bits per heavy atom. The molecule has 106 valence electrons. The van der Waals surface area contributed by atoms with E-state index in [1.54, 1.807) is 0 Å². The van der Waals surface area contributed by atoms with Crippen LogP contribution in [-0.4, -0.2) is 18.3 Å². The van der Waals surface area contributed by atoms with Crippen LogP contribution in [0, 0.1) is 11.6 Å². The van der Waals surface area contributed by atoms with Crippen LogP contribution in [-0.2, 0) is 0 Å². The molecule has 0 aromatic heterocycles. The Morgan fingerprint density at radius 1 is 0.947 bits per heavy atom. The number of halogens is 8. The van der Waals surface area contributed by atoms with Crippen molar-refractivity contribution < 1.29 is 44.7 Å². The molecule has 1 rings (SSSR count). The molecule has 1 aromatic rings. The van der Waals surface area contributed by atoms with Crippen LogP contribution >= 0.6 is 0 Å². The lowest BCUT2D eigenvalue weighted by molar-refractivity contribution is -0.276. The second-order valence-electron chi connectivity index (χ2n) is 3.14. The third kappa shape index (κ3) is 3.80. The van der Waals surface area contributed by atoms with Gasteiger partial charge in [-0.05, 0) is 12.1 Å². The highest BCUT2D eigenvalue weighted by atomic mass is 19.4. The van der Waals surface area contributed by atoms with Gasteiger partial charge >= 0.3 is 12.5 Å². The van der Waals surface area contributed by atoms with E-state index in [0.29, 0.717) is 0 Å². The van der Waals surface area contributed by atoms with Crippen LogP contribution in [0.15, 0.2) is 12.1 Å². The largest absolute Gasteiger partial charge is 0.573 e. The van der Waals surface area contributed by atoms with E-state index in [1.165, 1.54) is 0 Å². The van der Waals surface area contributed by atoms with E-state index in [-0.39, 0.29) is 12.1 Å². The van der Waals surface area contributed by atoms with Crippen molar-refractivity contribution in [3.8, 4) is 5.75 Å². The second kappa shape index (κ2) is 4.67. The van der Waals surface area contributed by atoms with Crippen LogP contribution < -0.4 is 4.74 Å². The Labute approximate surface area is 99.1 Å². The van der Waals surface area contributed by atoms with Crippen LogP contribution in [0.5, 0.6) is 5.75 Å². The van der Waals surface area contributed by atoms with E-state index >= 15 is 0 Å². The van der Waals surface area contributed by atoms with Gasteiger partial charge in [0, 0.05) is 5.56 Å². The maximum Gasteiger partial charge on any atom is 0.573 e. The minimum absolute atomic E-state index is 0.194. The van der Waals surface area contributed by atoms with E-state index in [2.05, 4.69) is 4.74 Å². The van der Waals surface area contributed by atoms with E-state index in [1.807, 2.05) is 0 Å². The molecule has 0 fully saturated rings. The van der Waals surface area contributed by atoms with E-state index in [4.69, 9.17) is 0 Å². The summed E-state index contributed by atoms with van der Waals surface area (Å²) in [6.07, 6.45) is -10.8. The topological polar surface area (TPSA) is 26.3 Å². The predicted octanol–water partition coefficient (Wildman–Crippen LogP) is 3.61. The maximum atomic E-state index is 13.0. The molecule has 0 unspecified atom stereocenters. The van der Waals surface area contributed by atoms with Crippen molar-refractivity contribution in [3.63, 3.8) is 0 Å². The monoisotopic (exact) mass is 294 g/mol. The third-order valence-corrected chi connectivity index (χ3v) is 1.74. The van der Waals surface area contributed by atoms with Crippen molar-refractivity contribution in [2.45, 2.75) is 12.5 Å². The summed E-state index contributed by atoms with van der Waals surface area (Å²) in [6.45, 7) is 0. The lowest BCUT2D eigenvalue weighted by Crippen LogP contribution is -2.24. The number of carbonyl (C=O) groups is 1. The predicted molar refractivity (Wildman–Crippen MR) is 43.4 cm³/mol. The molecule has 0 N–H and O–H groups in total. The minimum atomic E-state index is -5.43. The Kier molecular flexibility index (Phi) is 3.73. The van der Waals surface area contributed by atoms with Gasteiger partial charge in [-0.1, -0.05) is 0 Å². The molecule has 0 radical (unpaired) electrons. The van der Waals surface area contributed by atoms with Gasteiger partial charge in [0.25, 0.3) is 5.78 Å². The van der Waals surface area contributed by atoms with Crippen molar-refractivity contribution in [1.82, 2.24) is 0 Å². The lowest BCUT2D eigenvalue weighted by Gasteiger charge is -2.12. The number of alkyl halides is 6. The fourth-order valence-corrected chi connectivity index (χ4v) is 1.07. The molecule has 10 heteroatoms. The van der Waals surface area contributed by atoms with Crippen LogP contribution in [0.3, 0.4) is 0 Å². The van der Waals surface area contributed by atoms with Crippen LogP contribution in [0.2, 0.25) is 0 Å². The molecule has 0 aliphatic heterocycles. The summed E-state index contributed by atoms with van der Waals surface area (Å²) in [6, 6.07) is -0.389. The molecule has 0 bridgehead atoms. The highest BCUT2D eigenvalue weighted by Crippen LogP contribution is 2.31. The molecule has 1 aromatic carbocycles. The summed E-state index contributed by atoms with van der Waals surface area (Å²) in [7, 11) is 0. The van der Waals surface area contributed by atoms with Gasteiger partial charge in [-0.3, -0.25) is 4.79 Å². The first-order chi connectivity index (χ1) is 8.42. The van der Waals surface area contributed by atoms with Crippen LogP contribution in [0.1, 0.15) is 10.4 Å². The molecular formula is C9H2F8O2. The number of rotatable bonds is 2. The van der Waals surface area contributed by atoms with Gasteiger partial charge in [-0.25, -0.2) is 8.78 Å². The highest BCUT2D eigenvalue weighted by Gasteiger charge is 2.41. The molecular weight excluding hydrogens is 292 g/mol. The van der Waals surface area contributed by atoms with Crippen LogP contribution in [0.25, 0.3) is 0 Å². The maximum absolute atomic E-state index is 13.0. The normalized spacial score (nSPS) is 12.4. The SMILES string of the molecule is O=C(c1cc(F)c(OC(F)(F)F)c(F)c1)C(F)(F)F. The van der Waals surface area contributed by atoms with Crippen molar-refractivity contribution in [2.75, 3.05) is 0 Å². The van der Waals surface area contributed by atoms with Crippen molar-refractivity contribution in [3.05, 3.63) is 29.3 Å². The summed E-state index contributed by atoms with van der Waals surface area (Å²) in [5.41, 5.74) is -1.47. The molecule has 0 saturated carbocycles. The van der Waals surface area contributed by atoms with Crippen molar-refractivity contribution >= 4 is 5.78 Å². The first kappa shape index (κ1) is 15.2. The van der Waals surface area contributed by atoms with Crippen LogP contribution in [0.4, 0.5) is 35.1 Å². The van der Waals surface area contributed by atoms with E-state index in [0.717, 1.165) is 0 Å². The van der Waals surface area contributed by atoms with Gasteiger partial charge in [-0.2, -0.15) is 13.2 Å². The summed E-state index contributed by atoms with van der Waals surface area (Å²) in [4.78, 5) is 10.6. The smallest absolute Gasteiger partial charge is 0.399 e. The Morgan fingerprint density at radius 3 is 1.68 bits per heavy atom. The second-order valence-corrected chi connectivity index (χ2v) is 3.14. The van der Waals surface area contributed by atoms with Gasteiger partial charge in [-0.15, -0.1) is 13.2 Å². The summed E-state index contributed by atoms with van der Waals surface area (Å²) < 4.78 is 100. The first-order valence-electron chi connectivity index (χ1n) is 4.28. The Bertz CT molecular complexity index is 479. The molecule has 19 heavy (non-hydrogen) atoms. The number of ketones is 1. The van der Waals surface area contributed by atoms with Crippen molar-refractivity contribution in [2.24, 2.45) is 0 Å². The number of hydrogen-bond donors (Lipinski definition) is 0. The zero-order chi connectivity index (χ0) is 15.0. The Balaban J connectivity index is 3.21. The van der Waals surface area contributed by atoms with Gasteiger partial charge < -0.3 is 4.74 Å². The zero-order valence-corrected chi connectivity index (χ0v) is 8.49. The molecule has 2 nitrogen and oxygen atoms in total. The molecule has 0 aliphatic carbocycles. The van der Waals surface area contributed by atoms with E-state index in [9.17, 15) is 39.9 Å². The number of ether oxygens (including phenoxy) is 1. The minimum Gasteiger partial charge on any atom is -0.399 e. The van der Waals surface area contributed by atoms with Gasteiger partial charge in [0.2, 0.25) is 5.75 Å². The molecule has 0 aliphatic rings. The number of hydrogen-bond acceptors (Lipinski definition) is 2. The van der Waals surface area contributed by atoms with Gasteiger partial charge in [0.1, 0.15) is 0 Å². The molecule has 0 atom stereocenters. The Hall–Kier alpha value is -1.87. The standard InChI is InChI=1S/C9H2F8O2/c10-4-1-3(7(18)8(12,13)14)2-5(11)6(4)19-9(15,16)17/h1-2H. The summed E-state index contributed by atoms with van der Waals surface area (Å²) in [5, 5.41) is 0.